The second-order valence-corrected chi connectivity index (χ2v) is 6.25. The molecular formula is C23H16N4O. The van der Waals surface area contributed by atoms with Crippen molar-refractivity contribution in [3.05, 3.63) is 101 Å². The van der Waals surface area contributed by atoms with Crippen LogP contribution < -0.4 is 11.3 Å². The van der Waals surface area contributed by atoms with E-state index in [0.29, 0.717) is 33.6 Å². The van der Waals surface area contributed by atoms with E-state index in [1.807, 2.05) is 36.4 Å². The molecule has 2 aromatic heterocycles. The van der Waals surface area contributed by atoms with Gasteiger partial charge < -0.3 is 5.73 Å². The van der Waals surface area contributed by atoms with E-state index >= 15 is 0 Å². The van der Waals surface area contributed by atoms with Gasteiger partial charge in [0.1, 0.15) is 0 Å². The molecule has 0 unspecified atom stereocenters. The first kappa shape index (κ1) is 17.3. The summed E-state index contributed by atoms with van der Waals surface area (Å²) in [5, 5.41) is 9.50. The predicted molar refractivity (Wildman–Crippen MR) is 110 cm³/mol. The van der Waals surface area contributed by atoms with Crippen molar-refractivity contribution in [2.24, 2.45) is 0 Å². The van der Waals surface area contributed by atoms with Gasteiger partial charge >= 0.3 is 0 Å². The van der Waals surface area contributed by atoms with Crippen molar-refractivity contribution < 1.29 is 0 Å². The molecule has 4 aromatic rings. The summed E-state index contributed by atoms with van der Waals surface area (Å²) in [4.78, 5) is 17.7. The van der Waals surface area contributed by atoms with Crippen LogP contribution in [0.25, 0.3) is 28.1 Å². The number of nitrogens with two attached hydrogens (primary N) is 1. The Bertz CT molecular complexity index is 1250. The third-order valence-corrected chi connectivity index (χ3v) is 4.50. The monoisotopic (exact) mass is 364 g/mol. The normalized spacial score (nSPS) is 10.4. The van der Waals surface area contributed by atoms with Gasteiger partial charge in [-0.3, -0.25) is 14.3 Å². The van der Waals surface area contributed by atoms with Gasteiger partial charge in [0.05, 0.1) is 23.0 Å². The van der Waals surface area contributed by atoms with Crippen molar-refractivity contribution in [1.82, 2.24) is 9.55 Å². The van der Waals surface area contributed by atoms with E-state index in [-0.39, 0.29) is 5.56 Å². The van der Waals surface area contributed by atoms with E-state index in [9.17, 15) is 10.1 Å². The number of nitrogens with zero attached hydrogens (tertiary/aromatic N) is 3. The first-order valence-corrected chi connectivity index (χ1v) is 8.71. The number of anilines is 1. The lowest BCUT2D eigenvalue weighted by Crippen LogP contribution is -2.20. The van der Waals surface area contributed by atoms with E-state index < -0.39 is 0 Å². The average molecular weight is 364 g/mol. The number of aromatic nitrogens is 2. The lowest BCUT2D eigenvalue weighted by atomic mass is 9.99. The van der Waals surface area contributed by atoms with E-state index in [2.05, 4.69) is 11.1 Å². The topological polar surface area (TPSA) is 84.7 Å². The molecule has 2 heterocycles. The van der Waals surface area contributed by atoms with Gasteiger partial charge in [0.25, 0.3) is 5.56 Å². The highest BCUT2D eigenvalue weighted by Crippen LogP contribution is 2.28. The SMILES string of the molecule is N#Cc1ccccc1-c1cc(-c2ncccc2N)cn(-c2ccccc2)c1=O. The maximum atomic E-state index is 13.3. The number of rotatable bonds is 3. The molecule has 0 amide bonds. The van der Waals surface area contributed by atoms with Crippen LogP contribution >= 0.6 is 0 Å². The summed E-state index contributed by atoms with van der Waals surface area (Å²) in [6.45, 7) is 0. The molecule has 0 fully saturated rings. The van der Waals surface area contributed by atoms with E-state index in [1.54, 1.807) is 53.4 Å². The van der Waals surface area contributed by atoms with Gasteiger partial charge in [0.15, 0.2) is 0 Å². The van der Waals surface area contributed by atoms with Gasteiger partial charge in [0.2, 0.25) is 0 Å². The van der Waals surface area contributed by atoms with Crippen LogP contribution in [0.5, 0.6) is 0 Å². The Hall–Kier alpha value is -4.17. The highest BCUT2D eigenvalue weighted by molar-refractivity contribution is 5.78. The minimum Gasteiger partial charge on any atom is -0.397 e. The van der Waals surface area contributed by atoms with Gasteiger partial charge in [-0.1, -0.05) is 36.4 Å². The number of nitrogen functional groups attached to an aromatic ring is 1. The average Bonchev–Trinajstić information content (AvgIpc) is 2.75. The molecule has 4 rings (SSSR count). The summed E-state index contributed by atoms with van der Waals surface area (Å²) >= 11 is 0. The van der Waals surface area contributed by atoms with Crippen LogP contribution in [0.2, 0.25) is 0 Å². The molecule has 0 saturated carbocycles. The molecule has 5 nitrogen and oxygen atoms in total. The molecular weight excluding hydrogens is 348 g/mol. The van der Waals surface area contributed by atoms with Crippen molar-refractivity contribution >= 4 is 5.69 Å². The van der Waals surface area contributed by atoms with Crippen LogP contribution in [-0.2, 0) is 0 Å². The van der Waals surface area contributed by atoms with Crippen molar-refractivity contribution in [2.75, 3.05) is 5.73 Å². The molecule has 0 spiro atoms. The molecule has 0 aliphatic heterocycles. The molecule has 28 heavy (non-hydrogen) atoms. The molecule has 0 radical (unpaired) electrons. The van der Waals surface area contributed by atoms with Crippen LogP contribution in [0.1, 0.15) is 5.56 Å². The van der Waals surface area contributed by atoms with Crippen LogP contribution in [0.3, 0.4) is 0 Å². The molecule has 0 bridgehead atoms. The number of nitriles is 1. The lowest BCUT2D eigenvalue weighted by Gasteiger charge is -2.13. The number of hydrogen-bond donors (Lipinski definition) is 1. The van der Waals surface area contributed by atoms with Crippen LogP contribution in [0.15, 0.2) is 90.0 Å². The maximum absolute atomic E-state index is 13.3. The predicted octanol–water partition coefficient (Wildman–Crippen LogP) is 4.02. The van der Waals surface area contributed by atoms with E-state index in [0.717, 1.165) is 5.69 Å². The zero-order chi connectivity index (χ0) is 19.5. The molecule has 0 aliphatic rings. The van der Waals surface area contributed by atoms with Gasteiger partial charge in [-0.2, -0.15) is 5.26 Å². The van der Waals surface area contributed by atoms with Crippen LogP contribution in [0.4, 0.5) is 5.69 Å². The minimum absolute atomic E-state index is 0.216. The summed E-state index contributed by atoms with van der Waals surface area (Å²) in [6, 6.07) is 23.8. The Morgan fingerprint density at radius 1 is 0.929 bits per heavy atom. The van der Waals surface area contributed by atoms with Gasteiger partial charge in [-0.05, 0) is 36.4 Å². The highest BCUT2D eigenvalue weighted by Gasteiger charge is 2.15. The Morgan fingerprint density at radius 2 is 1.68 bits per heavy atom. The summed E-state index contributed by atoms with van der Waals surface area (Å²) in [5.41, 5.74) is 9.86. The fourth-order valence-corrected chi connectivity index (χ4v) is 3.16. The molecule has 2 aromatic carbocycles. The minimum atomic E-state index is -0.216. The third-order valence-electron chi connectivity index (χ3n) is 4.50. The number of pyridine rings is 2. The molecule has 0 aliphatic carbocycles. The standard InChI is InChI=1S/C23H16N4O/c24-14-16-7-4-5-10-19(16)20-13-17(22-21(25)11-6-12-26-22)15-27(23(20)28)18-8-2-1-3-9-18/h1-13,15H,25H2. The van der Waals surface area contributed by atoms with Gasteiger partial charge in [-0.15, -0.1) is 0 Å². The van der Waals surface area contributed by atoms with Crippen molar-refractivity contribution in [1.29, 1.82) is 5.26 Å². The van der Waals surface area contributed by atoms with E-state index in [4.69, 9.17) is 5.73 Å². The van der Waals surface area contributed by atoms with Crippen LogP contribution in [0, 0.1) is 11.3 Å². The van der Waals surface area contributed by atoms with Crippen LogP contribution in [-0.4, -0.2) is 9.55 Å². The molecule has 0 atom stereocenters. The maximum Gasteiger partial charge on any atom is 0.263 e. The number of hydrogen-bond acceptors (Lipinski definition) is 4. The molecule has 5 heteroatoms. The first-order chi connectivity index (χ1) is 13.7. The van der Waals surface area contributed by atoms with E-state index in [1.165, 1.54) is 0 Å². The van der Waals surface area contributed by atoms with Gasteiger partial charge in [-0.25, -0.2) is 0 Å². The molecule has 2 N–H and O–H groups in total. The quantitative estimate of drug-likeness (QED) is 0.595. The Morgan fingerprint density at radius 3 is 2.43 bits per heavy atom. The summed E-state index contributed by atoms with van der Waals surface area (Å²) < 4.78 is 1.56. The van der Waals surface area contributed by atoms with Crippen molar-refractivity contribution in [2.45, 2.75) is 0 Å². The first-order valence-electron chi connectivity index (χ1n) is 8.71. The smallest absolute Gasteiger partial charge is 0.263 e. The number of benzene rings is 2. The second kappa shape index (κ2) is 7.22. The largest absolute Gasteiger partial charge is 0.397 e. The Balaban J connectivity index is 2.07. The lowest BCUT2D eigenvalue weighted by molar-refractivity contribution is 0.993. The van der Waals surface area contributed by atoms with Gasteiger partial charge in [0, 0.05) is 34.8 Å². The second-order valence-electron chi connectivity index (χ2n) is 6.25. The molecule has 0 saturated heterocycles. The molecule has 134 valence electrons. The number of para-hydroxylation sites is 1. The Labute approximate surface area is 162 Å². The van der Waals surface area contributed by atoms with Crippen molar-refractivity contribution in [3.63, 3.8) is 0 Å². The van der Waals surface area contributed by atoms with Crippen molar-refractivity contribution in [3.8, 4) is 34.1 Å². The fraction of sp³-hybridized carbons (Fsp3) is 0. The summed E-state index contributed by atoms with van der Waals surface area (Å²) in [7, 11) is 0. The summed E-state index contributed by atoms with van der Waals surface area (Å²) in [5.74, 6) is 0. The zero-order valence-corrected chi connectivity index (χ0v) is 14.9. The zero-order valence-electron chi connectivity index (χ0n) is 14.9. The highest BCUT2D eigenvalue weighted by atomic mass is 16.1. The Kier molecular flexibility index (Phi) is 4.45. The fourth-order valence-electron chi connectivity index (χ4n) is 3.16. The third kappa shape index (κ3) is 3.04. The summed E-state index contributed by atoms with van der Waals surface area (Å²) in [6.07, 6.45) is 3.39.